The van der Waals surface area contributed by atoms with Crippen LogP contribution in [0, 0.1) is 0 Å². The van der Waals surface area contributed by atoms with Crippen LogP contribution in [0.3, 0.4) is 0 Å². The Balaban J connectivity index is 1.07. The van der Waals surface area contributed by atoms with E-state index >= 15 is 0 Å². The second-order valence-corrected chi connectivity index (χ2v) is 14.1. The molecule has 0 radical (unpaired) electrons. The molecule has 56 heavy (non-hydrogen) atoms. The first-order chi connectivity index (χ1) is 27.8. The smallest absolute Gasteiger partial charge is 0.160 e. The maximum atomic E-state index is 5.29. The molecule has 0 aliphatic rings. The van der Waals surface area contributed by atoms with Gasteiger partial charge in [0.15, 0.2) is 5.82 Å². The number of para-hydroxylation sites is 3. The van der Waals surface area contributed by atoms with E-state index in [0.717, 1.165) is 67.1 Å². The fourth-order valence-electron chi connectivity index (χ4n) is 8.12. The third kappa shape index (κ3) is 5.29. The van der Waals surface area contributed by atoms with E-state index in [0.29, 0.717) is 5.82 Å². The lowest BCUT2D eigenvalue weighted by Crippen LogP contribution is -1.99. The quantitative estimate of drug-likeness (QED) is 0.172. The number of nitrogens with zero attached hydrogens (tertiary/aromatic N) is 5. The van der Waals surface area contributed by atoms with Crippen LogP contribution in [-0.2, 0) is 0 Å². The molecule has 5 nitrogen and oxygen atoms in total. The van der Waals surface area contributed by atoms with Crippen molar-refractivity contribution in [1.29, 1.82) is 0 Å². The molecule has 0 N–H and O–H groups in total. The first-order valence-corrected chi connectivity index (χ1v) is 18.9. The minimum Gasteiger partial charge on any atom is -0.316 e. The normalized spacial score (nSPS) is 11.6. The molecule has 0 saturated carbocycles. The third-order valence-corrected chi connectivity index (χ3v) is 10.8. The summed E-state index contributed by atoms with van der Waals surface area (Å²) in [6.45, 7) is 0. The van der Waals surface area contributed by atoms with Gasteiger partial charge in [0.25, 0.3) is 0 Å². The van der Waals surface area contributed by atoms with Crippen molar-refractivity contribution in [3.8, 4) is 56.5 Å². The molecule has 11 aromatic rings. The Morgan fingerprint density at radius 3 is 1.80 bits per heavy atom. The number of pyridine rings is 1. The zero-order valence-electron chi connectivity index (χ0n) is 30.3. The first-order valence-electron chi connectivity index (χ1n) is 18.9. The minimum atomic E-state index is 0.656. The summed E-state index contributed by atoms with van der Waals surface area (Å²) in [7, 11) is 0. The van der Waals surface area contributed by atoms with Crippen LogP contribution in [0.2, 0.25) is 0 Å². The number of hydrogen-bond acceptors (Lipinski definition) is 3. The summed E-state index contributed by atoms with van der Waals surface area (Å²) in [5, 5.41) is 4.62. The lowest BCUT2D eigenvalue weighted by molar-refractivity contribution is 1.13. The van der Waals surface area contributed by atoms with Crippen molar-refractivity contribution in [2.45, 2.75) is 0 Å². The Morgan fingerprint density at radius 2 is 1.02 bits per heavy atom. The Labute approximate surface area is 323 Å². The molecule has 0 fully saturated rings. The highest BCUT2D eigenvalue weighted by atomic mass is 15.0. The van der Waals surface area contributed by atoms with Crippen LogP contribution in [0.25, 0.3) is 100 Å². The van der Waals surface area contributed by atoms with E-state index in [1.165, 1.54) is 27.2 Å². The number of aromatic nitrogens is 5. The molecule has 0 amide bonds. The molecule has 0 saturated heterocycles. The molecular formula is C51H33N5. The summed E-state index contributed by atoms with van der Waals surface area (Å²) < 4.78 is 4.66. The maximum Gasteiger partial charge on any atom is 0.160 e. The van der Waals surface area contributed by atoms with Crippen molar-refractivity contribution >= 4 is 43.6 Å². The molecule has 5 heteroatoms. The number of hydrogen-bond donors (Lipinski definition) is 0. The van der Waals surface area contributed by atoms with Crippen LogP contribution in [0.1, 0.15) is 0 Å². The Kier molecular flexibility index (Phi) is 7.42. The SMILES string of the molecule is c1ccc(-c2cc(-c3ccccc3)nc(-c3nc(-c4ccc(-n5c6ccccc6c6ccc7c(ccn7-c7ccccc7)c65)cc4)nc4ccccc34)c2)cc1. The highest BCUT2D eigenvalue weighted by Gasteiger charge is 2.19. The zero-order valence-corrected chi connectivity index (χ0v) is 30.3. The molecule has 0 aliphatic heterocycles. The highest BCUT2D eigenvalue weighted by molar-refractivity contribution is 6.18. The van der Waals surface area contributed by atoms with Crippen LogP contribution < -0.4 is 0 Å². The van der Waals surface area contributed by atoms with Crippen molar-refractivity contribution < 1.29 is 0 Å². The summed E-state index contributed by atoms with van der Waals surface area (Å²) in [5.41, 5.74) is 13.3. The van der Waals surface area contributed by atoms with E-state index in [2.05, 4.69) is 185 Å². The van der Waals surface area contributed by atoms with E-state index in [4.69, 9.17) is 15.0 Å². The predicted octanol–water partition coefficient (Wildman–Crippen LogP) is 12.7. The van der Waals surface area contributed by atoms with Gasteiger partial charge in [-0.15, -0.1) is 0 Å². The number of rotatable bonds is 6. The molecule has 11 rings (SSSR count). The van der Waals surface area contributed by atoms with E-state index in [9.17, 15) is 0 Å². The molecule has 0 spiro atoms. The minimum absolute atomic E-state index is 0.656. The molecular weight excluding hydrogens is 683 g/mol. The molecule has 4 heterocycles. The average Bonchev–Trinajstić information content (AvgIpc) is 3.87. The Hall–Kier alpha value is -7.63. The van der Waals surface area contributed by atoms with Gasteiger partial charge in [-0.3, -0.25) is 0 Å². The largest absolute Gasteiger partial charge is 0.316 e. The lowest BCUT2D eigenvalue weighted by Gasteiger charge is -2.13. The molecule has 4 aromatic heterocycles. The van der Waals surface area contributed by atoms with Gasteiger partial charge in [0.2, 0.25) is 0 Å². The van der Waals surface area contributed by atoms with E-state index in [1.54, 1.807) is 0 Å². The third-order valence-electron chi connectivity index (χ3n) is 10.8. The van der Waals surface area contributed by atoms with E-state index in [-0.39, 0.29) is 0 Å². The second kappa shape index (κ2) is 13.0. The van der Waals surface area contributed by atoms with Gasteiger partial charge < -0.3 is 9.13 Å². The Bertz CT molecular complexity index is 3160. The monoisotopic (exact) mass is 715 g/mol. The van der Waals surface area contributed by atoms with Crippen LogP contribution in [0.4, 0.5) is 0 Å². The summed E-state index contributed by atoms with van der Waals surface area (Å²) in [6.07, 6.45) is 2.17. The van der Waals surface area contributed by atoms with Gasteiger partial charge in [-0.1, -0.05) is 121 Å². The van der Waals surface area contributed by atoms with Gasteiger partial charge in [0.05, 0.1) is 33.5 Å². The van der Waals surface area contributed by atoms with E-state index < -0.39 is 0 Å². The molecule has 0 atom stereocenters. The van der Waals surface area contributed by atoms with Gasteiger partial charge in [-0.25, -0.2) is 15.0 Å². The van der Waals surface area contributed by atoms with Gasteiger partial charge in [-0.2, -0.15) is 0 Å². The van der Waals surface area contributed by atoms with Crippen molar-refractivity contribution in [2.24, 2.45) is 0 Å². The Morgan fingerprint density at radius 1 is 0.357 bits per heavy atom. The van der Waals surface area contributed by atoms with Gasteiger partial charge in [0, 0.05) is 50.2 Å². The van der Waals surface area contributed by atoms with E-state index in [1.807, 2.05) is 24.3 Å². The fourth-order valence-corrected chi connectivity index (χ4v) is 8.12. The van der Waals surface area contributed by atoms with Crippen molar-refractivity contribution in [3.63, 3.8) is 0 Å². The van der Waals surface area contributed by atoms with Crippen molar-refractivity contribution in [3.05, 3.63) is 200 Å². The van der Waals surface area contributed by atoms with Crippen LogP contribution in [-0.4, -0.2) is 24.1 Å². The van der Waals surface area contributed by atoms with Crippen molar-refractivity contribution in [2.75, 3.05) is 0 Å². The second-order valence-electron chi connectivity index (χ2n) is 14.1. The molecule has 0 aliphatic carbocycles. The molecule has 262 valence electrons. The lowest BCUT2D eigenvalue weighted by atomic mass is 10.0. The summed E-state index contributed by atoms with van der Waals surface area (Å²) in [4.78, 5) is 15.6. The molecule has 0 unspecified atom stereocenters. The molecule has 0 bridgehead atoms. The van der Waals surface area contributed by atoms with Gasteiger partial charge in [0.1, 0.15) is 5.69 Å². The standard InChI is InChI=1S/C51H33N5/c1-4-14-34(15-5-1)37-32-45(35-16-6-2-7-17-35)52-46(33-37)49-42-21-10-12-22-44(42)53-51(54-49)36-24-26-39(27-25-36)56-48-23-13-11-20-40(48)41-28-29-47-43(50(41)56)30-31-55(47)38-18-8-3-9-19-38/h1-33H. The zero-order chi connectivity index (χ0) is 37.0. The van der Waals surface area contributed by atoms with Crippen LogP contribution >= 0.6 is 0 Å². The topological polar surface area (TPSA) is 48.5 Å². The molecule has 7 aromatic carbocycles. The van der Waals surface area contributed by atoms with Crippen LogP contribution in [0.15, 0.2) is 200 Å². The first kappa shape index (κ1) is 31.9. The highest BCUT2D eigenvalue weighted by Crippen LogP contribution is 2.39. The average molecular weight is 716 g/mol. The maximum absolute atomic E-state index is 5.29. The number of benzene rings is 7. The number of fused-ring (bicyclic) bond motifs is 6. The van der Waals surface area contributed by atoms with Gasteiger partial charge >= 0.3 is 0 Å². The van der Waals surface area contributed by atoms with Gasteiger partial charge in [-0.05, 0) is 83.9 Å². The van der Waals surface area contributed by atoms with Crippen molar-refractivity contribution in [1.82, 2.24) is 24.1 Å². The summed E-state index contributed by atoms with van der Waals surface area (Å²) in [5.74, 6) is 0.656. The summed E-state index contributed by atoms with van der Waals surface area (Å²) >= 11 is 0. The fraction of sp³-hybridized carbons (Fsp3) is 0. The predicted molar refractivity (Wildman–Crippen MR) is 230 cm³/mol. The summed E-state index contributed by atoms with van der Waals surface area (Å²) in [6, 6.07) is 67.9. The van der Waals surface area contributed by atoms with Crippen LogP contribution in [0.5, 0.6) is 0 Å².